The van der Waals surface area contributed by atoms with E-state index < -0.39 is 0 Å². The molecule has 3 aliphatic rings. The van der Waals surface area contributed by atoms with Gasteiger partial charge in [-0.15, -0.1) is 0 Å². The van der Waals surface area contributed by atoms with Crippen molar-refractivity contribution in [2.75, 3.05) is 19.7 Å². The summed E-state index contributed by atoms with van der Waals surface area (Å²) in [5.41, 5.74) is 7.64. The summed E-state index contributed by atoms with van der Waals surface area (Å²) in [5, 5.41) is 0. The van der Waals surface area contributed by atoms with Crippen molar-refractivity contribution in [3.63, 3.8) is 0 Å². The molecule has 2 N–H and O–H groups in total. The Labute approximate surface area is 144 Å². The number of halogens is 1. The zero-order valence-corrected chi connectivity index (χ0v) is 14.5. The molecular formula is C17H22BrN3O2. The number of nitrogens with zero attached hydrogens (tertiary/aromatic N) is 1. The molecule has 1 aromatic carbocycles. The van der Waals surface area contributed by atoms with E-state index in [1.54, 1.807) is 0 Å². The molecule has 1 saturated carbocycles. The van der Waals surface area contributed by atoms with Crippen molar-refractivity contribution < 1.29 is 9.53 Å². The molecule has 124 valence electrons. The molecule has 2 heterocycles. The normalized spacial score (nSPS) is 34.6. The van der Waals surface area contributed by atoms with Gasteiger partial charge in [0.1, 0.15) is 12.1 Å². The zero-order valence-electron chi connectivity index (χ0n) is 13.0. The van der Waals surface area contributed by atoms with Crippen molar-refractivity contribution in [2.45, 2.75) is 35.9 Å². The predicted molar refractivity (Wildman–Crippen MR) is 91.0 cm³/mol. The smallest absolute Gasteiger partial charge is 0.242 e. The first-order valence-electron chi connectivity index (χ1n) is 8.34. The maximum Gasteiger partial charge on any atom is 0.242 e. The summed E-state index contributed by atoms with van der Waals surface area (Å²) in [6.07, 6.45) is 2.49. The van der Waals surface area contributed by atoms with E-state index in [2.05, 4.69) is 38.9 Å². The summed E-state index contributed by atoms with van der Waals surface area (Å²) in [6.45, 7) is 1.87. The van der Waals surface area contributed by atoms with Crippen LogP contribution < -0.4 is 10.9 Å². The van der Waals surface area contributed by atoms with Crippen molar-refractivity contribution in [1.82, 2.24) is 15.8 Å². The quantitative estimate of drug-likeness (QED) is 0.783. The maximum atomic E-state index is 12.9. The van der Waals surface area contributed by atoms with Crippen molar-refractivity contribution in [3.8, 4) is 0 Å². The molecule has 4 atom stereocenters. The largest absolute Gasteiger partial charge is 0.370 e. The van der Waals surface area contributed by atoms with Crippen LogP contribution in [0.4, 0.5) is 0 Å². The molecule has 0 radical (unpaired) electrons. The van der Waals surface area contributed by atoms with Crippen LogP contribution in [0.2, 0.25) is 0 Å². The fourth-order valence-corrected chi connectivity index (χ4v) is 4.42. The number of hydrazine groups is 1. The van der Waals surface area contributed by atoms with Gasteiger partial charge < -0.3 is 9.64 Å². The standard InChI is InChI=1S/C17H22BrN3O2/c18-14-15(12-6-7-12)19-20-16(14)17(22)21-8-9-23-13(10-21)11-4-2-1-3-5-11/h1-5,12-16,19-20H,6-10H2. The SMILES string of the molecule is O=C(C1NNC(C2CC2)C1Br)N1CCOC(c2ccccc2)C1. The number of morpholine rings is 1. The molecule has 0 aromatic heterocycles. The average molecular weight is 380 g/mol. The Balaban J connectivity index is 1.42. The fraction of sp³-hybridized carbons (Fsp3) is 0.588. The Hall–Kier alpha value is -0.950. The van der Waals surface area contributed by atoms with E-state index in [9.17, 15) is 4.79 Å². The number of nitrogens with one attached hydrogen (secondary N) is 2. The summed E-state index contributed by atoms with van der Waals surface area (Å²) in [7, 11) is 0. The van der Waals surface area contributed by atoms with Gasteiger partial charge >= 0.3 is 0 Å². The summed E-state index contributed by atoms with van der Waals surface area (Å²) in [4.78, 5) is 15.0. The summed E-state index contributed by atoms with van der Waals surface area (Å²) < 4.78 is 5.86. The molecule has 4 rings (SSSR count). The van der Waals surface area contributed by atoms with Gasteiger partial charge in [-0.25, -0.2) is 5.43 Å². The van der Waals surface area contributed by atoms with E-state index in [0.29, 0.717) is 31.7 Å². The second kappa shape index (κ2) is 6.51. The van der Waals surface area contributed by atoms with Crippen LogP contribution in [0.3, 0.4) is 0 Å². The summed E-state index contributed by atoms with van der Waals surface area (Å²) >= 11 is 3.74. The van der Waals surface area contributed by atoms with Crippen LogP contribution in [-0.2, 0) is 9.53 Å². The van der Waals surface area contributed by atoms with Crippen LogP contribution >= 0.6 is 15.9 Å². The minimum Gasteiger partial charge on any atom is -0.370 e. The fourth-order valence-electron chi connectivity index (χ4n) is 3.50. The number of hydrogen-bond acceptors (Lipinski definition) is 4. The van der Waals surface area contributed by atoms with Crippen molar-refractivity contribution in [2.24, 2.45) is 5.92 Å². The molecule has 4 unspecified atom stereocenters. The number of ether oxygens (including phenoxy) is 1. The number of rotatable bonds is 3. The third-order valence-corrected chi connectivity index (χ3v) is 6.11. The summed E-state index contributed by atoms with van der Waals surface area (Å²) in [6, 6.07) is 10.3. The minimum atomic E-state index is -0.199. The van der Waals surface area contributed by atoms with E-state index in [4.69, 9.17) is 4.74 Å². The third kappa shape index (κ3) is 3.18. The van der Waals surface area contributed by atoms with Crippen molar-refractivity contribution >= 4 is 21.8 Å². The highest BCUT2D eigenvalue weighted by molar-refractivity contribution is 9.09. The van der Waals surface area contributed by atoms with Gasteiger partial charge in [0.25, 0.3) is 0 Å². The van der Waals surface area contributed by atoms with Gasteiger partial charge in [-0.3, -0.25) is 10.2 Å². The highest BCUT2D eigenvalue weighted by Crippen LogP contribution is 2.38. The number of carbonyl (C=O) groups excluding carboxylic acids is 1. The van der Waals surface area contributed by atoms with Crippen LogP contribution in [0.25, 0.3) is 0 Å². The lowest BCUT2D eigenvalue weighted by Crippen LogP contribution is -2.52. The Morgan fingerprint density at radius 1 is 1.22 bits per heavy atom. The van der Waals surface area contributed by atoms with Gasteiger partial charge in [0.15, 0.2) is 0 Å². The van der Waals surface area contributed by atoms with Gasteiger partial charge in [-0.1, -0.05) is 46.3 Å². The molecule has 2 saturated heterocycles. The number of alkyl halides is 1. The van der Waals surface area contributed by atoms with Crippen LogP contribution in [-0.4, -0.2) is 47.4 Å². The van der Waals surface area contributed by atoms with Crippen molar-refractivity contribution in [3.05, 3.63) is 35.9 Å². The lowest BCUT2D eigenvalue weighted by atomic mass is 10.0. The van der Waals surface area contributed by atoms with Gasteiger partial charge in [0.2, 0.25) is 5.91 Å². The van der Waals surface area contributed by atoms with Gasteiger partial charge in [-0.05, 0) is 24.3 Å². The molecule has 0 spiro atoms. The molecular weight excluding hydrogens is 358 g/mol. The summed E-state index contributed by atoms with van der Waals surface area (Å²) in [5.74, 6) is 0.859. The zero-order chi connectivity index (χ0) is 15.8. The Morgan fingerprint density at radius 3 is 2.74 bits per heavy atom. The van der Waals surface area contributed by atoms with Crippen LogP contribution in [0.15, 0.2) is 30.3 Å². The average Bonchev–Trinajstić information content (AvgIpc) is 3.37. The van der Waals surface area contributed by atoms with Crippen LogP contribution in [0.5, 0.6) is 0 Å². The highest BCUT2D eigenvalue weighted by atomic mass is 79.9. The molecule has 2 aliphatic heterocycles. The minimum absolute atomic E-state index is 0.0312. The third-order valence-electron chi connectivity index (χ3n) is 5.01. The molecule has 1 aromatic rings. The second-order valence-corrected chi connectivity index (χ2v) is 7.69. The van der Waals surface area contributed by atoms with E-state index in [1.807, 2.05) is 23.1 Å². The molecule has 0 bridgehead atoms. The first-order valence-corrected chi connectivity index (χ1v) is 9.26. The van der Waals surface area contributed by atoms with Crippen LogP contribution in [0, 0.1) is 5.92 Å². The molecule has 1 amide bonds. The highest BCUT2D eigenvalue weighted by Gasteiger charge is 2.47. The molecule has 6 heteroatoms. The number of carbonyl (C=O) groups is 1. The number of amides is 1. The Bertz CT molecular complexity index is 566. The van der Waals surface area contributed by atoms with E-state index in [1.165, 1.54) is 12.8 Å². The molecule has 5 nitrogen and oxygen atoms in total. The second-order valence-electron chi connectivity index (χ2n) is 6.63. The van der Waals surface area contributed by atoms with Crippen molar-refractivity contribution in [1.29, 1.82) is 0 Å². The maximum absolute atomic E-state index is 12.9. The monoisotopic (exact) mass is 379 g/mol. The predicted octanol–water partition coefficient (Wildman–Crippen LogP) is 1.60. The van der Waals surface area contributed by atoms with Crippen LogP contribution in [0.1, 0.15) is 24.5 Å². The van der Waals surface area contributed by atoms with Gasteiger partial charge in [0.05, 0.1) is 18.0 Å². The lowest BCUT2D eigenvalue weighted by Gasteiger charge is -2.35. The topological polar surface area (TPSA) is 53.6 Å². The number of benzene rings is 1. The first-order chi connectivity index (χ1) is 11.2. The molecule has 23 heavy (non-hydrogen) atoms. The Morgan fingerprint density at radius 2 is 2.00 bits per heavy atom. The molecule has 1 aliphatic carbocycles. The Kier molecular flexibility index (Phi) is 4.41. The number of hydrogen-bond donors (Lipinski definition) is 2. The van der Waals surface area contributed by atoms with Gasteiger partial charge in [0, 0.05) is 12.6 Å². The van der Waals surface area contributed by atoms with Gasteiger partial charge in [-0.2, -0.15) is 0 Å². The lowest BCUT2D eigenvalue weighted by molar-refractivity contribution is -0.140. The van der Waals surface area contributed by atoms with E-state index in [-0.39, 0.29) is 22.9 Å². The molecule has 3 fully saturated rings. The first kappa shape index (κ1) is 15.6. The van der Waals surface area contributed by atoms with E-state index in [0.717, 1.165) is 5.56 Å². The van der Waals surface area contributed by atoms with E-state index >= 15 is 0 Å².